The molecule has 0 fully saturated rings. The Hall–Kier alpha value is -1.03. The van der Waals surface area contributed by atoms with Crippen LogP contribution in [0, 0.1) is 0 Å². The molecule has 2 rings (SSSR count). The molecule has 2 aromatic rings. The molecule has 0 saturated heterocycles. The Bertz CT molecular complexity index is 531. The van der Waals surface area contributed by atoms with E-state index >= 15 is 0 Å². The van der Waals surface area contributed by atoms with Crippen LogP contribution in [0.15, 0.2) is 52.5 Å². The maximum absolute atomic E-state index is 6.09. The van der Waals surface area contributed by atoms with Crippen molar-refractivity contribution in [3.63, 3.8) is 0 Å². The summed E-state index contributed by atoms with van der Waals surface area (Å²) >= 11 is 7.81. The smallest absolute Gasteiger partial charge is 0.0409 e. The molecule has 1 unspecified atom stereocenters. The van der Waals surface area contributed by atoms with Crippen LogP contribution in [-0.2, 0) is 6.42 Å². The van der Waals surface area contributed by atoms with E-state index in [-0.39, 0.29) is 6.04 Å². The fraction of sp³-hybridized carbons (Fsp3) is 0.267. The molecule has 4 heteroatoms. The molecule has 0 spiro atoms. The van der Waals surface area contributed by atoms with Gasteiger partial charge in [0.2, 0.25) is 0 Å². The zero-order chi connectivity index (χ0) is 13.7. The van der Waals surface area contributed by atoms with Gasteiger partial charge in [-0.1, -0.05) is 30.3 Å². The first kappa shape index (κ1) is 14.4. The van der Waals surface area contributed by atoms with Crippen molar-refractivity contribution >= 4 is 23.4 Å². The minimum atomic E-state index is 0.176. The monoisotopic (exact) mass is 292 g/mol. The molecule has 0 saturated carbocycles. The topological polar surface area (TPSA) is 38.9 Å². The first-order valence-corrected chi connectivity index (χ1v) is 7.50. The van der Waals surface area contributed by atoms with E-state index in [1.54, 1.807) is 24.2 Å². The van der Waals surface area contributed by atoms with Crippen molar-refractivity contribution < 1.29 is 0 Å². The van der Waals surface area contributed by atoms with E-state index in [0.717, 1.165) is 17.9 Å². The van der Waals surface area contributed by atoms with Gasteiger partial charge in [0.25, 0.3) is 0 Å². The molecule has 100 valence electrons. The molecule has 1 atom stereocenters. The number of benzene rings is 1. The molecule has 1 heterocycles. The normalized spacial score (nSPS) is 12.4. The molecule has 19 heavy (non-hydrogen) atoms. The van der Waals surface area contributed by atoms with Gasteiger partial charge in [-0.25, -0.2) is 0 Å². The molecular formula is C15H17ClN2S. The van der Waals surface area contributed by atoms with Gasteiger partial charge in [0, 0.05) is 33.2 Å². The van der Waals surface area contributed by atoms with Crippen molar-refractivity contribution in [2.75, 3.05) is 0 Å². The Morgan fingerprint density at radius 3 is 2.68 bits per heavy atom. The number of aromatic nitrogens is 1. The third-order valence-corrected chi connectivity index (χ3v) is 4.27. The molecule has 2 nitrogen and oxygen atoms in total. The predicted molar refractivity (Wildman–Crippen MR) is 81.8 cm³/mol. The third kappa shape index (κ3) is 4.23. The summed E-state index contributed by atoms with van der Waals surface area (Å²) in [5.41, 5.74) is 7.27. The average Bonchev–Trinajstić information content (AvgIpc) is 2.43. The van der Waals surface area contributed by atoms with E-state index in [9.17, 15) is 0 Å². The maximum atomic E-state index is 6.09. The van der Waals surface area contributed by atoms with Crippen molar-refractivity contribution in [2.24, 2.45) is 5.73 Å². The van der Waals surface area contributed by atoms with Crippen LogP contribution in [0.3, 0.4) is 0 Å². The van der Waals surface area contributed by atoms with Crippen molar-refractivity contribution in [3.05, 3.63) is 53.3 Å². The molecule has 0 radical (unpaired) electrons. The van der Waals surface area contributed by atoms with Crippen LogP contribution in [0.2, 0.25) is 5.02 Å². The summed E-state index contributed by atoms with van der Waals surface area (Å²) in [6, 6.07) is 10.2. The number of hydrogen-bond acceptors (Lipinski definition) is 3. The summed E-state index contributed by atoms with van der Waals surface area (Å²) in [7, 11) is 0. The van der Waals surface area contributed by atoms with Crippen molar-refractivity contribution in [1.82, 2.24) is 4.98 Å². The highest BCUT2D eigenvalue weighted by Gasteiger charge is 2.09. The highest BCUT2D eigenvalue weighted by molar-refractivity contribution is 7.99. The predicted octanol–water partition coefficient (Wildman–Crippen LogP) is 4.17. The standard InChI is InChI=1S/C15H17ClN2S/c1-2-13(17)10-11-9-12(16)3-4-15(11)19-14-5-7-18-8-6-14/h3-9,13H,2,10,17H2,1H3. The van der Waals surface area contributed by atoms with Gasteiger partial charge < -0.3 is 5.73 Å². The fourth-order valence-electron chi connectivity index (χ4n) is 1.77. The highest BCUT2D eigenvalue weighted by atomic mass is 35.5. The van der Waals surface area contributed by atoms with E-state index in [1.165, 1.54) is 15.4 Å². The number of halogens is 1. The summed E-state index contributed by atoms with van der Waals surface area (Å²) in [5, 5.41) is 0.761. The van der Waals surface area contributed by atoms with Gasteiger partial charge in [-0.15, -0.1) is 0 Å². The first-order valence-electron chi connectivity index (χ1n) is 6.31. The second kappa shape index (κ2) is 6.94. The van der Waals surface area contributed by atoms with E-state index in [4.69, 9.17) is 17.3 Å². The van der Waals surface area contributed by atoms with Crippen LogP contribution in [0.4, 0.5) is 0 Å². The van der Waals surface area contributed by atoms with Gasteiger partial charge in [0.1, 0.15) is 0 Å². The summed E-state index contributed by atoms with van der Waals surface area (Å²) in [6.07, 6.45) is 5.42. The highest BCUT2D eigenvalue weighted by Crippen LogP contribution is 2.32. The lowest BCUT2D eigenvalue weighted by molar-refractivity contribution is 0.641. The molecule has 2 N–H and O–H groups in total. The van der Waals surface area contributed by atoms with Crippen molar-refractivity contribution in [3.8, 4) is 0 Å². The van der Waals surface area contributed by atoms with Crippen LogP contribution in [0.25, 0.3) is 0 Å². The Labute approximate surface area is 123 Å². The summed E-state index contributed by atoms with van der Waals surface area (Å²) in [6.45, 7) is 2.10. The number of hydrogen-bond donors (Lipinski definition) is 1. The minimum absolute atomic E-state index is 0.176. The van der Waals surface area contributed by atoms with Gasteiger partial charge in [-0.3, -0.25) is 4.98 Å². The van der Waals surface area contributed by atoms with E-state index < -0.39 is 0 Å². The summed E-state index contributed by atoms with van der Waals surface area (Å²) < 4.78 is 0. The minimum Gasteiger partial charge on any atom is -0.327 e. The SMILES string of the molecule is CCC(N)Cc1cc(Cl)ccc1Sc1ccncc1. The van der Waals surface area contributed by atoms with Crippen LogP contribution in [0.5, 0.6) is 0 Å². The molecule has 1 aromatic carbocycles. The van der Waals surface area contributed by atoms with E-state index in [0.29, 0.717) is 0 Å². The lowest BCUT2D eigenvalue weighted by Gasteiger charge is -2.13. The molecule has 0 aliphatic carbocycles. The van der Waals surface area contributed by atoms with Crippen LogP contribution < -0.4 is 5.73 Å². The first-order chi connectivity index (χ1) is 9.19. The zero-order valence-corrected chi connectivity index (χ0v) is 12.4. The lowest BCUT2D eigenvalue weighted by Crippen LogP contribution is -2.21. The van der Waals surface area contributed by atoms with Gasteiger partial charge in [0.15, 0.2) is 0 Å². The number of nitrogens with two attached hydrogens (primary N) is 1. The van der Waals surface area contributed by atoms with Crippen molar-refractivity contribution in [2.45, 2.75) is 35.6 Å². The number of rotatable bonds is 5. The average molecular weight is 293 g/mol. The molecule has 0 bridgehead atoms. The summed E-state index contributed by atoms with van der Waals surface area (Å²) in [4.78, 5) is 6.41. The lowest BCUT2D eigenvalue weighted by atomic mass is 10.0. The quantitative estimate of drug-likeness (QED) is 0.899. The Morgan fingerprint density at radius 1 is 1.26 bits per heavy atom. The number of nitrogens with zero attached hydrogens (tertiary/aromatic N) is 1. The molecule has 0 amide bonds. The van der Waals surface area contributed by atoms with Gasteiger partial charge in [0.05, 0.1) is 0 Å². The van der Waals surface area contributed by atoms with Gasteiger partial charge in [-0.05, 0) is 48.7 Å². The van der Waals surface area contributed by atoms with Crippen LogP contribution in [-0.4, -0.2) is 11.0 Å². The number of pyridine rings is 1. The largest absolute Gasteiger partial charge is 0.327 e. The second-order valence-corrected chi connectivity index (χ2v) is 5.96. The molecule has 0 aliphatic heterocycles. The molecule has 0 aliphatic rings. The Kier molecular flexibility index (Phi) is 5.25. The second-order valence-electron chi connectivity index (χ2n) is 4.41. The molecule has 1 aromatic heterocycles. The zero-order valence-electron chi connectivity index (χ0n) is 10.8. The maximum Gasteiger partial charge on any atom is 0.0409 e. The van der Waals surface area contributed by atoms with Crippen LogP contribution in [0.1, 0.15) is 18.9 Å². The van der Waals surface area contributed by atoms with E-state index in [1.807, 2.05) is 24.3 Å². The fourth-order valence-corrected chi connectivity index (χ4v) is 2.88. The Morgan fingerprint density at radius 2 is 2.00 bits per heavy atom. The van der Waals surface area contributed by atoms with Gasteiger partial charge in [-0.2, -0.15) is 0 Å². The Balaban J connectivity index is 2.24. The third-order valence-electron chi connectivity index (χ3n) is 2.91. The molecular weight excluding hydrogens is 276 g/mol. The van der Waals surface area contributed by atoms with Crippen LogP contribution >= 0.6 is 23.4 Å². The van der Waals surface area contributed by atoms with Crippen molar-refractivity contribution in [1.29, 1.82) is 0 Å². The van der Waals surface area contributed by atoms with E-state index in [2.05, 4.69) is 18.0 Å². The van der Waals surface area contributed by atoms with Gasteiger partial charge >= 0.3 is 0 Å². The summed E-state index contributed by atoms with van der Waals surface area (Å²) in [5.74, 6) is 0.